The van der Waals surface area contributed by atoms with Gasteiger partial charge >= 0.3 is 0 Å². The van der Waals surface area contributed by atoms with Gasteiger partial charge in [0.15, 0.2) is 0 Å². The maximum Gasteiger partial charge on any atom is 0.293 e. The van der Waals surface area contributed by atoms with Gasteiger partial charge in [-0.25, -0.2) is 0 Å². The minimum absolute atomic E-state index is 0.0558. The Morgan fingerprint density at radius 1 is 1.29 bits per heavy atom. The first-order chi connectivity index (χ1) is 10.0. The third-order valence-corrected chi connectivity index (χ3v) is 3.43. The van der Waals surface area contributed by atoms with Gasteiger partial charge in [0.1, 0.15) is 11.4 Å². The predicted octanol–water partition coefficient (Wildman–Crippen LogP) is 4.52. The van der Waals surface area contributed by atoms with Crippen LogP contribution in [0.1, 0.15) is 24.9 Å². The molecular weight excluding hydrogens is 292 g/mol. The second kappa shape index (κ2) is 6.45. The van der Waals surface area contributed by atoms with Gasteiger partial charge in [0, 0.05) is 11.1 Å². The zero-order valence-corrected chi connectivity index (χ0v) is 12.2. The summed E-state index contributed by atoms with van der Waals surface area (Å²) in [6, 6.07) is 11.2. The van der Waals surface area contributed by atoms with Crippen molar-refractivity contribution in [2.75, 3.05) is 5.32 Å². The number of rotatable bonds is 5. The molecule has 0 radical (unpaired) electrons. The molecule has 1 atom stereocenters. The Hall–Kier alpha value is -2.27. The molecule has 2 rings (SSSR count). The van der Waals surface area contributed by atoms with Crippen molar-refractivity contribution in [3.8, 4) is 5.75 Å². The summed E-state index contributed by atoms with van der Waals surface area (Å²) in [5, 5.41) is 23.9. The van der Waals surface area contributed by atoms with Crippen molar-refractivity contribution in [2.45, 2.75) is 19.4 Å². The fourth-order valence-electron chi connectivity index (χ4n) is 2.09. The smallest absolute Gasteiger partial charge is 0.293 e. The van der Waals surface area contributed by atoms with Crippen molar-refractivity contribution in [2.24, 2.45) is 0 Å². The van der Waals surface area contributed by atoms with Crippen LogP contribution in [-0.2, 0) is 0 Å². The predicted molar refractivity (Wildman–Crippen MR) is 82.9 cm³/mol. The van der Waals surface area contributed by atoms with Gasteiger partial charge in [0.05, 0.1) is 11.0 Å². The molecule has 0 bridgehead atoms. The van der Waals surface area contributed by atoms with E-state index in [4.69, 9.17) is 11.6 Å². The van der Waals surface area contributed by atoms with E-state index in [1.807, 2.05) is 6.92 Å². The molecule has 0 amide bonds. The topological polar surface area (TPSA) is 75.4 Å². The molecule has 0 saturated heterocycles. The number of hydrogen-bond donors (Lipinski definition) is 2. The van der Waals surface area contributed by atoms with Gasteiger partial charge in [-0.15, -0.1) is 0 Å². The second-order valence-corrected chi connectivity index (χ2v) is 5.05. The zero-order valence-electron chi connectivity index (χ0n) is 11.4. The lowest BCUT2D eigenvalue weighted by Crippen LogP contribution is -2.10. The number of phenols is 1. The molecule has 0 heterocycles. The zero-order chi connectivity index (χ0) is 15.4. The molecule has 2 aromatic rings. The van der Waals surface area contributed by atoms with E-state index in [1.54, 1.807) is 36.4 Å². The number of phenolic OH excluding ortho intramolecular Hbond substituents is 1. The highest BCUT2D eigenvalue weighted by atomic mass is 35.5. The Kier molecular flexibility index (Phi) is 4.65. The molecule has 0 aliphatic carbocycles. The molecule has 2 aromatic carbocycles. The first kappa shape index (κ1) is 15.1. The molecular formula is C15H15ClN2O3. The van der Waals surface area contributed by atoms with Crippen molar-refractivity contribution in [1.29, 1.82) is 0 Å². The SMILES string of the molecule is CCC(Nc1ccc(Cl)cc1[N+](=O)[O-])c1ccc(O)cc1. The molecule has 5 nitrogen and oxygen atoms in total. The van der Waals surface area contributed by atoms with Crippen LogP contribution in [-0.4, -0.2) is 10.0 Å². The molecule has 0 fully saturated rings. The number of hydrogen-bond acceptors (Lipinski definition) is 4. The van der Waals surface area contributed by atoms with Crippen LogP contribution in [0.3, 0.4) is 0 Å². The van der Waals surface area contributed by atoms with E-state index in [0.29, 0.717) is 10.7 Å². The lowest BCUT2D eigenvalue weighted by Gasteiger charge is -2.19. The number of anilines is 1. The van der Waals surface area contributed by atoms with Crippen LogP contribution in [0, 0.1) is 10.1 Å². The van der Waals surface area contributed by atoms with Gasteiger partial charge in [0.25, 0.3) is 5.69 Å². The standard InChI is InChI=1S/C15H15ClN2O3/c1-2-13(10-3-6-12(19)7-4-10)17-14-8-5-11(16)9-15(14)18(20)21/h3-9,13,17,19H,2H2,1H3. The largest absolute Gasteiger partial charge is 0.508 e. The van der Waals surface area contributed by atoms with E-state index < -0.39 is 4.92 Å². The summed E-state index contributed by atoms with van der Waals surface area (Å²) in [5.41, 5.74) is 1.31. The highest BCUT2D eigenvalue weighted by Gasteiger charge is 2.18. The van der Waals surface area contributed by atoms with Crippen molar-refractivity contribution in [1.82, 2.24) is 0 Å². The molecule has 21 heavy (non-hydrogen) atoms. The van der Waals surface area contributed by atoms with E-state index in [0.717, 1.165) is 12.0 Å². The van der Waals surface area contributed by atoms with Crippen LogP contribution in [0.15, 0.2) is 42.5 Å². The average Bonchev–Trinajstić information content (AvgIpc) is 2.47. The minimum atomic E-state index is -0.461. The van der Waals surface area contributed by atoms with Crippen molar-refractivity contribution in [3.63, 3.8) is 0 Å². The number of nitrogens with one attached hydrogen (secondary N) is 1. The summed E-state index contributed by atoms with van der Waals surface area (Å²) < 4.78 is 0. The number of nitro benzene ring substituents is 1. The monoisotopic (exact) mass is 306 g/mol. The maximum atomic E-state index is 11.1. The van der Waals surface area contributed by atoms with E-state index in [9.17, 15) is 15.2 Å². The van der Waals surface area contributed by atoms with Gasteiger partial charge in [-0.1, -0.05) is 30.7 Å². The molecule has 0 saturated carbocycles. The molecule has 0 aliphatic rings. The minimum Gasteiger partial charge on any atom is -0.508 e. The van der Waals surface area contributed by atoms with Gasteiger partial charge in [-0.05, 0) is 36.2 Å². The van der Waals surface area contributed by atoms with Crippen LogP contribution < -0.4 is 5.32 Å². The van der Waals surface area contributed by atoms with Crippen LogP contribution in [0.2, 0.25) is 5.02 Å². The van der Waals surface area contributed by atoms with Crippen LogP contribution >= 0.6 is 11.6 Å². The van der Waals surface area contributed by atoms with Crippen LogP contribution in [0.5, 0.6) is 5.75 Å². The molecule has 1 unspecified atom stereocenters. The molecule has 110 valence electrons. The summed E-state index contributed by atoms with van der Waals surface area (Å²) >= 11 is 5.81. The first-order valence-electron chi connectivity index (χ1n) is 6.50. The molecule has 2 N–H and O–H groups in total. The quantitative estimate of drug-likeness (QED) is 0.629. The summed E-state index contributed by atoms with van der Waals surface area (Å²) in [6.45, 7) is 1.98. The Labute approximate surface area is 127 Å². The molecule has 0 aromatic heterocycles. The van der Waals surface area contributed by atoms with Crippen LogP contribution in [0.25, 0.3) is 0 Å². The molecule has 6 heteroatoms. The molecule has 0 aliphatic heterocycles. The fraction of sp³-hybridized carbons (Fsp3) is 0.200. The Balaban J connectivity index is 2.30. The van der Waals surface area contributed by atoms with Gasteiger partial charge in [-0.3, -0.25) is 10.1 Å². The lowest BCUT2D eigenvalue weighted by atomic mass is 10.0. The van der Waals surface area contributed by atoms with Crippen molar-refractivity contribution in [3.05, 3.63) is 63.2 Å². The Morgan fingerprint density at radius 3 is 2.52 bits per heavy atom. The highest BCUT2D eigenvalue weighted by Crippen LogP contribution is 2.32. The number of nitrogens with zero attached hydrogens (tertiary/aromatic N) is 1. The van der Waals surface area contributed by atoms with E-state index in [-0.39, 0.29) is 17.5 Å². The summed E-state index contributed by atoms with van der Waals surface area (Å²) in [5.74, 6) is 0.186. The van der Waals surface area contributed by atoms with Gasteiger partial charge < -0.3 is 10.4 Å². The number of aromatic hydroxyl groups is 1. The lowest BCUT2D eigenvalue weighted by molar-refractivity contribution is -0.384. The average molecular weight is 307 g/mol. The third kappa shape index (κ3) is 3.64. The first-order valence-corrected chi connectivity index (χ1v) is 6.88. The summed E-state index contributed by atoms with van der Waals surface area (Å²) in [7, 11) is 0. The van der Waals surface area contributed by atoms with E-state index in [2.05, 4.69) is 5.32 Å². The number of benzene rings is 2. The fourth-order valence-corrected chi connectivity index (χ4v) is 2.26. The van der Waals surface area contributed by atoms with Crippen LogP contribution in [0.4, 0.5) is 11.4 Å². The van der Waals surface area contributed by atoms with Crippen molar-refractivity contribution >= 4 is 23.0 Å². The Bertz CT molecular complexity index is 644. The van der Waals surface area contributed by atoms with Gasteiger partial charge in [-0.2, -0.15) is 0 Å². The molecule has 0 spiro atoms. The summed E-state index contributed by atoms with van der Waals surface area (Å²) in [6.07, 6.45) is 0.741. The maximum absolute atomic E-state index is 11.1. The Morgan fingerprint density at radius 2 is 1.95 bits per heavy atom. The normalized spacial score (nSPS) is 11.9. The highest BCUT2D eigenvalue weighted by molar-refractivity contribution is 6.30. The van der Waals surface area contributed by atoms with Gasteiger partial charge in [0.2, 0.25) is 0 Å². The third-order valence-electron chi connectivity index (χ3n) is 3.19. The van der Waals surface area contributed by atoms with E-state index >= 15 is 0 Å². The van der Waals surface area contributed by atoms with E-state index in [1.165, 1.54) is 6.07 Å². The number of nitro groups is 1. The second-order valence-electron chi connectivity index (χ2n) is 4.62. The van der Waals surface area contributed by atoms with Crippen molar-refractivity contribution < 1.29 is 10.0 Å². The number of halogens is 1. The summed E-state index contributed by atoms with van der Waals surface area (Å²) in [4.78, 5) is 10.6.